The number of hydrogen-bond donors (Lipinski definition) is 0. The van der Waals surface area contributed by atoms with E-state index in [0.29, 0.717) is 12.5 Å². The zero-order chi connectivity index (χ0) is 17.1. The summed E-state index contributed by atoms with van der Waals surface area (Å²) < 4.78 is 18.0. The van der Waals surface area contributed by atoms with Crippen molar-refractivity contribution in [1.29, 1.82) is 0 Å². The molecule has 4 heterocycles. The topological polar surface area (TPSA) is 47.7 Å². The second kappa shape index (κ2) is 7.18. The number of hydrogen-bond acceptors (Lipinski definition) is 5. The first-order valence-electron chi connectivity index (χ1n) is 9.17. The molecule has 2 aliphatic rings. The number of furan rings is 1. The van der Waals surface area contributed by atoms with E-state index in [2.05, 4.69) is 16.0 Å². The molecule has 0 spiro atoms. The number of fused-ring (bicyclic) bond motifs is 1. The lowest BCUT2D eigenvalue weighted by molar-refractivity contribution is -0.141. The fourth-order valence-electron chi connectivity index (χ4n) is 4.17. The average Bonchev–Trinajstić information content (AvgIpc) is 3.05. The molecule has 0 bridgehead atoms. The van der Waals surface area contributed by atoms with Gasteiger partial charge in [-0.2, -0.15) is 0 Å². The van der Waals surface area contributed by atoms with E-state index >= 15 is 0 Å². The van der Waals surface area contributed by atoms with Crippen molar-refractivity contribution >= 4 is 0 Å². The maximum atomic E-state index is 6.13. The molecule has 0 aliphatic carbocycles. The third kappa shape index (κ3) is 3.72. The Hall–Kier alpha value is -1.85. The van der Waals surface area contributed by atoms with Crippen LogP contribution in [0.25, 0.3) is 0 Å². The zero-order valence-corrected chi connectivity index (χ0v) is 14.8. The van der Waals surface area contributed by atoms with Crippen LogP contribution in [0.3, 0.4) is 0 Å². The van der Waals surface area contributed by atoms with E-state index in [1.165, 1.54) is 0 Å². The molecule has 2 aromatic heterocycles. The smallest absolute Gasteiger partial charge is 0.213 e. The minimum absolute atomic E-state index is 0.0374. The summed E-state index contributed by atoms with van der Waals surface area (Å²) in [7, 11) is 0. The number of likely N-dealkylation sites (tertiary alicyclic amines) is 1. The minimum atomic E-state index is 0.0374. The van der Waals surface area contributed by atoms with Gasteiger partial charge in [0.05, 0.1) is 19.3 Å². The average molecular weight is 342 g/mol. The molecule has 2 aromatic rings. The van der Waals surface area contributed by atoms with Crippen LogP contribution >= 0.6 is 0 Å². The Morgan fingerprint density at radius 3 is 3.08 bits per heavy atom. The van der Waals surface area contributed by atoms with E-state index in [4.69, 9.17) is 13.9 Å². The van der Waals surface area contributed by atoms with Crippen LogP contribution in [0, 0.1) is 12.3 Å². The summed E-state index contributed by atoms with van der Waals surface area (Å²) >= 11 is 0. The molecule has 5 heteroatoms. The van der Waals surface area contributed by atoms with Crippen LogP contribution in [0.4, 0.5) is 0 Å². The quantitative estimate of drug-likeness (QED) is 0.833. The number of nitrogens with zero attached hydrogens (tertiary/aromatic N) is 2. The van der Waals surface area contributed by atoms with Crippen LogP contribution in [-0.4, -0.2) is 42.3 Å². The van der Waals surface area contributed by atoms with Gasteiger partial charge < -0.3 is 13.9 Å². The Balaban J connectivity index is 1.46. The number of ether oxygens (including phenoxy) is 2. The summed E-state index contributed by atoms with van der Waals surface area (Å²) in [5, 5.41) is 0. The molecule has 2 fully saturated rings. The maximum absolute atomic E-state index is 6.13. The SMILES string of the molecule is Cc1ccc(CN2CC[C@H]3OCCC[C@]3(COc3ccccn3)C2)o1. The van der Waals surface area contributed by atoms with E-state index in [9.17, 15) is 0 Å². The summed E-state index contributed by atoms with van der Waals surface area (Å²) in [6.07, 6.45) is 5.33. The third-order valence-corrected chi connectivity index (χ3v) is 5.39. The lowest BCUT2D eigenvalue weighted by Crippen LogP contribution is -2.57. The Kier molecular flexibility index (Phi) is 4.77. The number of piperidine rings is 1. The monoisotopic (exact) mass is 342 g/mol. The molecule has 0 amide bonds. The van der Waals surface area contributed by atoms with Gasteiger partial charge in [-0.05, 0) is 44.4 Å². The largest absolute Gasteiger partial charge is 0.477 e. The molecule has 0 unspecified atom stereocenters. The van der Waals surface area contributed by atoms with Gasteiger partial charge in [0.2, 0.25) is 5.88 Å². The van der Waals surface area contributed by atoms with Crippen molar-refractivity contribution < 1.29 is 13.9 Å². The fourth-order valence-corrected chi connectivity index (χ4v) is 4.17. The Morgan fingerprint density at radius 1 is 1.32 bits per heavy atom. The summed E-state index contributed by atoms with van der Waals surface area (Å²) in [4.78, 5) is 6.77. The Morgan fingerprint density at radius 2 is 2.28 bits per heavy atom. The zero-order valence-electron chi connectivity index (χ0n) is 14.8. The first kappa shape index (κ1) is 16.6. The van der Waals surface area contributed by atoms with E-state index < -0.39 is 0 Å². The fraction of sp³-hybridized carbons (Fsp3) is 0.550. The number of aryl methyl sites for hydroxylation is 1. The summed E-state index contributed by atoms with van der Waals surface area (Å²) in [6, 6.07) is 9.90. The van der Waals surface area contributed by atoms with Crippen LogP contribution in [0.5, 0.6) is 5.88 Å². The Bertz CT molecular complexity index is 687. The lowest BCUT2D eigenvalue weighted by Gasteiger charge is -2.50. The number of aromatic nitrogens is 1. The molecule has 5 nitrogen and oxygen atoms in total. The minimum Gasteiger partial charge on any atom is -0.477 e. The van der Waals surface area contributed by atoms with Gasteiger partial charge in [-0.3, -0.25) is 4.90 Å². The van der Waals surface area contributed by atoms with Gasteiger partial charge in [-0.25, -0.2) is 4.98 Å². The van der Waals surface area contributed by atoms with Crippen LogP contribution in [0.2, 0.25) is 0 Å². The normalized spacial score (nSPS) is 27.0. The highest BCUT2D eigenvalue weighted by molar-refractivity contribution is 5.10. The van der Waals surface area contributed by atoms with Crippen molar-refractivity contribution in [3.63, 3.8) is 0 Å². The molecule has 25 heavy (non-hydrogen) atoms. The molecular formula is C20H26N2O3. The molecule has 0 N–H and O–H groups in total. The first-order valence-corrected chi connectivity index (χ1v) is 9.17. The number of pyridine rings is 1. The van der Waals surface area contributed by atoms with Crippen molar-refractivity contribution in [2.45, 2.75) is 38.8 Å². The van der Waals surface area contributed by atoms with Crippen molar-refractivity contribution in [2.75, 3.05) is 26.3 Å². The predicted octanol–water partition coefficient (Wildman–Crippen LogP) is 3.43. The summed E-state index contributed by atoms with van der Waals surface area (Å²) in [5.74, 6) is 2.70. The highest BCUT2D eigenvalue weighted by Crippen LogP contribution is 2.41. The van der Waals surface area contributed by atoms with E-state index in [-0.39, 0.29) is 11.5 Å². The van der Waals surface area contributed by atoms with Gasteiger partial charge in [0.15, 0.2) is 0 Å². The second-order valence-corrected chi connectivity index (χ2v) is 7.29. The van der Waals surface area contributed by atoms with Gasteiger partial charge in [-0.1, -0.05) is 6.07 Å². The number of rotatable bonds is 5. The maximum Gasteiger partial charge on any atom is 0.213 e. The highest BCUT2D eigenvalue weighted by atomic mass is 16.5. The van der Waals surface area contributed by atoms with Crippen molar-refractivity contribution in [3.8, 4) is 5.88 Å². The van der Waals surface area contributed by atoms with Crippen molar-refractivity contribution in [1.82, 2.24) is 9.88 Å². The molecule has 0 saturated carbocycles. The van der Waals surface area contributed by atoms with Gasteiger partial charge in [-0.15, -0.1) is 0 Å². The van der Waals surface area contributed by atoms with Gasteiger partial charge >= 0.3 is 0 Å². The van der Waals surface area contributed by atoms with Gasteiger partial charge in [0.1, 0.15) is 11.5 Å². The second-order valence-electron chi connectivity index (χ2n) is 7.29. The van der Waals surface area contributed by atoms with E-state index in [1.807, 2.05) is 31.2 Å². The van der Waals surface area contributed by atoms with Crippen LogP contribution in [-0.2, 0) is 11.3 Å². The summed E-state index contributed by atoms with van der Waals surface area (Å²) in [5.41, 5.74) is 0.0374. The first-order chi connectivity index (χ1) is 12.2. The molecule has 4 rings (SSSR count). The molecule has 2 atom stereocenters. The summed E-state index contributed by atoms with van der Waals surface area (Å²) in [6.45, 7) is 6.38. The van der Waals surface area contributed by atoms with E-state index in [0.717, 1.165) is 57.0 Å². The molecular weight excluding hydrogens is 316 g/mol. The molecule has 0 radical (unpaired) electrons. The van der Waals surface area contributed by atoms with Gasteiger partial charge in [0.25, 0.3) is 0 Å². The third-order valence-electron chi connectivity index (χ3n) is 5.39. The van der Waals surface area contributed by atoms with Crippen LogP contribution in [0.1, 0.15) is 30.8 Å². The van der Waals surface area contributed by atoms with Crippen molar-refractivity contribution in [2.24, 2.45) is 5.41 Å². The molecule has 2 saturated heterocycles. The molecule has 134 valence electrons. The highest BCUT2D eigenvalue weighted by Gasteiger charge is 2.46. The predicted molar refractivity (Wildman–Crippen MR) is 94.5 cm³/mol. The van der Waals surface area contributed by atoms with Crippen LogP contribution in [0.15, 0.2) is 40.9 Å². The van der Waals surface area contributed by atoms with Crippen LogP contribution < -0.4 is 4.74 Å². The molecule has 2 aliphatic heterocycles. The standard InChI is InChI=1S/C20H26N2O3/c1-16-6-7-17(25-16)13-22-11-8-18-20(14-22,9-4-12-23-18)15-24-19-5-2-3-10-21-19/h2-3,5-7,10,18H,4,8-9,11-15H2,1H3/t18-,20-/m1/s1. The Labute approximate surface area is 148 Å². The van der Waals surface area contributed by atoms with Gasteiger partial charge in [0, 0.05) is 37.4 Å². The van der Waals surface area contributed by atoms with Crippen molar-refractivity contribution in [3.05, 3.63) is 48.0 Å². The lowest BCUT2D eigenvalue weighted by atomic mass is 9.73. The van der Waals surface area contributed by atoms with E-state index in [1.54, 1.807) is 6.20 Å². The molecule has 0 aromatic carbocycles.